The number of hydrogen-bond acceptors (Lipinski definition) is 3. The highest BCUT2D eigenvalue weighted by molar-refractivity contribution is 9.10. The number of nitrogens with zero attached hydrogens (tertiary/aromatic N) is 3. The molecular formula is C9H7BrN4O. The van der Waals surface area contributed by atoms with E-state index in [0.29, 0.717) is 15.9 Å². The molecule has 0 saturated carbocycles. The monoisotopic (exact) mass is 266 g/mol. The molecule has 76 valence electrons. The van der Waals surface area contributed by atoms with Crippen LogP contribution in [0.25, 0.3) is 5.69 Å². The fourth-order valence-corrected chi connectivity index (χ4v) is 1.50. The Bertz CT molecular complexity index is 508. The maximum atomic E-state index is 11.1. The highest BCUT2D eigenvalue weighted by atomic mass is 79.9. The van der Waals surface area contributed by atoms with Crippen LogP contribution in [-0.2, 0) is 0 Å². The van der Waals surface area contributed by atoms with Gasteiger partial charge in [0.2, 0.25) is 0 Å². The zero-order chi connectivity index (χ0) is 10.8. The Morgan fingerprint density at radius 2 is 2.27 bits per heavy atom. The summed E-state index contributed by atoms with van der Waals surface area (Å²) in [4.78, 5) is 15.0. The summed E-state index contributed by atoms with van der Waals surface area (Å²) in [7, 11) is 0. The van der Waals surface area contributed by atoms with E-state index in [2.05, 4.69) is 26.0 Å². The van der Waals surface area contributed by atoms with Crippen LogP contribution in [0.3, 0.4) is 0 Å². The van der Waals surface area contributed by atoms with Crippen molar-refractivity contribution in [2.45, 2.75) is 0 Å². The van der Waals surface area contributed by atoms with E-state index in [4.69, 9.17) is 5.73 Å². The van der Waals surface area contributed by atoms with Crippen LogP contribution in [0.2, 0.25) is 0 Å². The molecule has 15 heavy (non-hydrogen) atoms. The van der Waals surface area contributed by atoms with Gasteiger partial charge in [-0.25, -0.2) is 4.68 Å². The molecule has 0 aliphatic heterocycles. The molecule has 0 spiro atoms. The van der Waals surface area contributed by atoms with Gasteiger partial charge < -0.3 is 5.73 Å². The molecule has 2 N–H and O–H groups in total. The molecule has 0 aliphatic carbocycles. The van der Waals surface area contributed by atoms with Crippen molar-refractivity contribution in [3.8, 4) is 5.69 Å². The van der Waals surface area contributed by atoms with E-state index >= 15 is 0 Å². The Balaban J connectivity index is 2.57. The van der Waals surface area contributed by atoms with E-state index in [9.17, 15) is 4.79 Å². The minimum atomic E-state index is -0.523. The van der Waals surface area contributed by atoms with Crippen LogP contribution in [0.4, 0.5) is 0 Å². The molecule has 2 rings (SSSR count). The van der Waals surface area contributed by atoms with Crippen LogP contribution in [0.15, 0.2) is 35.3 Å². The summed E-state index contributed by atoms with van der Waals surface area (Å²) in [6.07, 6.45) is 4.73. The molecule has 5 nitrogen and oxygen atoms in total. The van der Waals surface area contributed by atoms with E-state index in [1.165, 1.54) is 6.20 Å². The Kier molecular flexibility index (Phi) is 2.51. The van der Waals surface area contributed by atoms with Crippen molar-refractivity contribution in [3.63, 3.8) is 0 Å². The summed E-state index contributed by atoms with van der Waals surface area (Å²) in [6, 6.07) is 3.45. The largest absolute Gasteiger partial charge is 0.365 e. The van der Waals surface area contributed by atoms with Gasteiger partial charge >= 0.3 is 0 Å². The smallest absolute Gasteiger partial charge is 0.252 e. The number of aromatic nitrogens is 3. The van der Waals surface area contributed by atoms with E-state index in [1.807, 2.05) is 0 Å². The van der Waals surface area contributed by atoms with Gasteiger partial charge in [-0.3, -0.25) is 9.78 Å². The molecule has 0 aromatic carbocycles. The Labute approximate surface area is 94.0 Å². The lowest BCUT2D eigenvalue weighted by Crippen LogP contribution is -2.15. The molecule has 2 aromatic heterocycles. The molecule has 6 heteroatoms. The zero-order valence-electron chi connectivity index (χ0n) is 7.59. The predicted molar refractivity (Wildman–Crippen MR) is 57.6 cm³/mol. The zero-order valence-corrected chi connectivity index (χ0v) is 9.18. The number of amides is 1. The molecule has 0 fully saturated rings. The van der Waals surface area contributed by atoms with E-state index < -0.39 is 5.91 Å². The van der Waals surface area contributed by atoms with Crippen molar-refractivity contribution >= 4 is 21.8 Å². The van der Waals surface area contributed by atoms with Crippen LogP contribution >= 0.6 is 15.9 Å². The second kappa shape index (κ2) is 3.82. The van der Waals surface area contributed by atoms with Crippen molar-refractivity contribution in [3.05, 3.63) is 40.9 Å². The van der Waals surface area contributed by atoms with E-state index in [0.717, 1.165) is 0 Å². The molecule has 0 saturated heterocycles. The molecule has 2 aromatic rings. The van der Waals surface area contributed by atoms with Crippen molar-refractivity contribution in [2.75, 3.05) is 0 Å². The van der Waals surface area contributed by atoms with Gasteiger partial charge in [0.25, 0.3) is 5.91 Å². The summed E-state index contributed by atoms with van der Waals surface area (Å²) in [5.41, 5.74) is 6.18. The minimum absolute atomic E-state index is 0.341. The summed E-state index contributed by atoms with van der Waals surface area (Å²) in [6.45, 7) is 0. The summed E-state index contributed by atoms with van der Waals surface area (Å²) < 4.78 is 2.25. The fourth-order valence-electron chi connectivity index (χ4n) is 1.21. The second-order valence-electron chi connectivity index (χ2n) is 2.84. The van der Waals surface area contributed by atoms with Crippen LogP contribution < -0.4 is 5.73 Å². The second-order valence-corrected chi connectivity index (χ2v) is 3.65. The first kappa shape index (κ1) is 9.85. The Morgan fingerprint density at radius 3 is 2.87 bits per heavy atom. The number of nitrogens with two attached hydrogens (primary N) is 1. The highest BCUT2D eigenvalue weighted by Crippen LogP contribution is 2.14. The van der Waals surface area contributed by atoms with Crippen molar-refractivity contribution in [1.29, 1.82) is 0 Å². The van der Waals surface area contributed by atoms with E-state index in [-0.39, 0.29) is 0 Å². The number of halogens is 1. The third-order valence-corrected chi connectivity index (χ3v) is 2.29. The fraction of sp³-hybridized carbons (Fsp3) is 0. The first-order valence-electron chi connectivity index (χ1n) is 4.14. The molecule has 2 heterocycles. The summed E-state index contributed by atoms with van der Waals surface area (Å²) >= 11 is 3.23. The Hall–Kier alpha value is -1.69. The minimum Gasteiger partial charge on any atom is -0.365 e. The van der Waals surface area contributed by atoms with Crippen molar-refractivity contribution in [1.82, 2.24) is 14.8 Å². The van der Waals surface area contributed by atoms with Gasteiger partial charge in [-0.2, -0.15) is 5.10 Å². The number of primary amides is 1. The average Bonchev–Trinajstić information content (AvgIpc) is 2.65. The number of hydrogen-bond donors (Lipinski definition) is 1. The average molecular weight is 267 g/mol. The lowest BCUT2D eigenvalue weighted by molar-refractivity contribution is 0.1000. The quantitative estimate of drug-likeness (QED) is 0.886. The van der Waals surface area contributed by atoms with Crippen LogP contribution in [0.1, 0.15) is 10.4 Å². The predicted octanol–water partition coefficient (Wildman–Crippen LogP) is 1.13. The molecule has 0 unspecified atom stereocenters. The maximum absolute atomic E-state index is 11.1. The van der Waals surface area contributed by atoms with Crippen LogP contribution in [0, 0.1) is 0 Å². The lowest BCUT2D eigenvalue weighted by atomic mass is 10.2. The molecule has 1 amide bonds. The van der Waals surface area contributed by atoms with Gasteiger partial charge in [0.15, 0.2) is 0 Å². The number of pyridine rings is 1. The van der Waals surface area contributed by atoms with Gasteiger partial charge in [0.1, 0.15) is 4.60 Å². The van der Waals surface area contributed by atoms with Gasteiger partial charge in [-0.15, -0.1) is 0 Å². The highest BCUT2D eigenvalue weighted by Gasteiger charge is 2.10. The van der Waals surface area contributed by atoms with Gasteiger partial charge in [0, 0.05) is 18.6 Å². The third-order valence-electron chi connectivity index (χ3n) is 1.87. The first-order chi connectivity index (χ1) is 7.18. The summed E-state index contributed by atoms with van der Waals surface area (Å²) in [5.74, 6) is -0.523. The molecule has 0 bridgehead atoms. The third kappa shape index (κ3) is 1.89. The standard InChI is InChI=1S/C9H7BrN4O/c10-8-2-4-14(13-8)7-1-3-12-5-6(7)9(11)15/h1-5H,(H2,11,15). The first-order valence-corrected chi connectivity index (χ1v) is 4.93. The molecule has 0 aliphatic rings. The molecular weight excluding hydrogens is 260 g/mol. The van der Waals surface area contributed by atoms with Crippen molar-refractivity contribution < 1.29 is 4.79 Å². The Morgan fingerprint density at radius 1 is 1.47 bits per heavy atom. The lowest BCUT2D eigenvalue weighted by Gasteiger charge is -2.04. The number of carbonyl (C=O) groups excluding carboxylic acids is 1. The molecule has 0 radical (unpaired) electrons. The van der Waals surface area contributed by atoms with Gasteiger partial charge in [0.05, 0.1) is 11.3 Å². The summed E-state index contributed by atoms with van der Waals surface area (Å²) in [5, 5.41) is 4.12. The molecule has 0 atom stereocenters. The van der Waals surface area contributed by atoms with Gasteiger partial charge in [-0.1, -0.05) is 0 Å². The van der Waals surface area contributed by atoms with Crippen LogP contribution in [-0.4, -0.2) is 20.7 Å². The number of rotatable bonds is 2. The van der Waals surface area contributed by atoms with E-state index in [1.54, 1.807) is 29.2 Å². The maximum Gasteiger partial charge on any atom is 0.252 e. The van der Waals surface area contributed by atoms with Gasteiger partial charge in [-0.05, 0) is 28.1 Å². The van der Waals surface area contributed by atoms with Crippen molar-refractivity contribution in [2.24, 2.45) is 5.73 Å². The topological polar surface area (TPSA) is 73.8 Å². The normalized spacial score (nSPS) is 10.2. The number of carbonyl (C=O) groups is 1. The van der Waals surface area contributed by atoms with Crippen LogP contribution in [0.5, 0.6) is 0 Å². The SMILES string of the molecule is NC(=O)c1cnccc1-n1ccc(Br)n1.